The van der Waals surface area contributed by atoms with E-state index in [1.54, 1.807) is 24.3 Å². The summed E-state index contributed by atoms with van der Waals surface area (Å²) in [6.45, 7) is 3.58. The number of benzene rings is 1. The van der Waals surface area contributed by atoms with Crippen LogP contribution < -0.4 is 16.0 Å². The van der Waals surface area contributed by atoms with E-state index in [4.69, 9.17) is 4.74 Å². The number of ether oxygens (including phenoxy) is 1. The molecule has 0 aliphatic carbocycles. The summed E-state index contributed by atoms with van der Waals surface area (Å²) in [6, 6.07) is 7.45. The zero-order chi connectivity index (χ0) is 16.4. The van der Waals surface area contributed by atoms with Crippen molar-refractivity contribution in [1.29, 1.82) is 0 Å². The minimum atomic E-state index is -0.859. The lowest BCUT2D eigenvalue weighted by Crippen LogP contribution is -2.42. The Labute approximate surface area is 129 Å². The van der Waals surface area contributed by atoms with E-state index < -0.39 is 18.0 Å². The summed E-state index contributed by atoms with van der Waals surface area (Å²) in [5, 5.41) is 7.61. The first-order valence-corrected chi connectivity index (χ1v) is 7.08. The molecule has 0 bridgehead atoms. The summed E-state index contributed by atoms with van der Waals surface area (Å²) in [4.78, 5) is 34.7. The van der Waals surface area contributed by atoms with Crippen molar-refractivity contribution in [3.63, 3.8) is 0 Å². The van der Waals surface area contributed by atoms with E-state index in [-0.39, 0.29) is 12.5 Å². The molecule has 7 heteroatoms. The van der Waals surface area contributed by atoms with Gasteiger partial charge in [0.15, 0.2) is 6.61 Å². The largest absolute Gasteiger partial charge is 0.454 e. The maximum Gasteiger partial charge on any atom is 0.328 e. The molecule has 1 aromatic carbocycles. The Balaban J connectivity index is 2.31. The second kappa shape index (κ2) is 9.38. The highest BCUT2D eigenvalue weighted by Gasteiger charge is 2.18. The average molecular weight is 307 g/mol. The van der Waals surface area contributed by atoms with Gasteiger partial charge in [-0.2, -0.15) is 0 Å². The Kier molecular flexibility index (Phi) is 7.45. The second-order valence-electron chi connectivity index (χ2n) is 4.64. The van der Waals surface area contributed by atoms with E-state index in [2.05, 4.69) is 16.0 Å². The number of amides is 3. The monoisotopic (exact) mass is 307 g/mol. The Bertz CT molecular complexity index is 505. The van der Waals surface area contributed by atoms with Gasteiger partial charge in [-0.1, -0.05) is 25.1 Å². The van der Waals surface area contributed by atoms with Gasteiger partial charge < -0.3 is 20.7 Å². The van der Waals surface area contributed by atoms with E-state index in [1.165, 1.54) is 6.92 Å². The molecule has 7 nitrogen and oxygen atoms in total. The number of hydrogen-bond acceptors (Lipinski definition) is 4. The molecule has 0 saturated carbocycles. The molecule has 0 aliphatic heterocycles. The fraction of sp³-hybridized carbons (Fsp3) is 0.400. The Morgan fingerprint density at radius 2 is 1.86 bits per heavy atom. The van der Waals surface area contributed by atoms with Crippen molar-refractivity contribution >= 4 is 23.6 Å². The molecule has 1 rings (SSSR count). The highest BCUT2D eigenvalue weighted by Crippen LogP contribution is 2.04. The number of para-hydroxylation sites is 1. The fourth-order valence-electron chi connectivity index (χ4n) is 1.52. The van der Waals surface area contributed by atoms with Crippen molar-refractivity contribution < 1.29 is 19.1 Å². The third-order valence-corrected chi connectivity index (χ3v) is 2.65. The van der Waals surface area contributed by atoms with Crippen LogP contribution in [0.25, 0.3) is 0 Å². The Morgan fingerprint density at radius 3 is 2.50 bits per heavy atom. The van der Waals surface area contributed by atoms with Gasteiger partial charge in [0.25, 0.3) is 5.91 Å². The van der Waals surface area contributed by atoms with Gasteiger partial charge in [0.2, 0.25) is 0 Å². The summed E-state index contributed by atoms with van der Waals surface area (Å²) in [5.41, 5.74) is 0.611. The first-order valence-electron chi connectivity index (χ1n) is 7.08. The number of carbonyl (C=O) groups is 3. The van der Waals surface area contributed by atoms with Crippen LogP contribution in [0.3, 0.4) is 0 Å². The van der Waals surface area contributed by atoms with Crippen molar-refractivity contribution in [2.75, 3.05) is 18.5 Å². The van der Waals surface area contributed by atoms with Crippen LogP contribution in [0.1, 0.15) is 20.3 Å². The molecule has 0 radical (unpaired) electrons. The minimum Gasteiger partial charge on any atom is -0.454 e. The predicted molar refractivity (Wildman–Crippen MR) is 82.3 cm³/mol. The van der Waals surface area contributed by atoms with E-state index in [1.807, 2.05) is 13.0 Å². The molecule has 1 aromatic rings. The van der Waals surface area contributed by atoms with Crippen LogP contribution in [0.2, 0.25) is 0 Å². The lowest BCUT2D eigenvalue weighted by molar-refractivity contribution is -0.149. The van der Waals surface area contributed by atoms with Crippen molar-refractivity contribution in [2.45, 2.75) is 26.3 Å². The van der Waals surface area contributed by atoms with Crippen molar-refractivity contribution in [2.24, 2.45) is 0 Å². The molecule has 0 aromatic heterocycles. The number of anilines is 1. The highest BCUT2D eigenvalue weighted by molar-refractivity contribution is 5.92. The minimum absolute atomic E-state index is 0.356. The fourth-order valence-corrected chi connectivity index (χ4v) is 1.52. The standard InChI is InChI=1S/C15H21N3O4/c1-3-9-16-13(19)10-22-14(20)11(2)17-15(21)18-12-7-5-4-6-8-12/h4-8,11H,3,9-10H2,1-2H3,(H,16,19)(H2,17,18,21)/t11-/m0/s1. The van der Waals surface area contributed by atoms with Gasteiger partial charge in [-0.05, 0) is 25.5 Å². The SMILES string of the molecule is CCCNC(=O)COC(=O)[C@H](C)NC(=O)Nc1ccccc1. The molecule has 0 heterocycles. The predicted octanol–water partition coefficient (Wildman–Crippen LogP) is 1.27. The van der Waals surface area contributed by atoms with Gasteiger partial charge in [0.05, 0.1) is 0 Å². The summed E-state index contributed by atoms with van der Waals surface area (Å²) in [6.07, 6.45) is 0.803. The number of hydrogen-bond donors (Lipinski definition) is 3. The number of carbonyl (C=O) groups excluding carboxylic acids is 3. The summed E-state index contributed by atoms with van der Waals surface area (Å²) >= 11 is 0. The first kappa shape index (κ1) is 17.5. The second-order valence-corrected chi connectivity index (χ2v) is 4.64. The van der Waals surface area contributed by atoms with Crippen LogP contribution in [0.15, 0.2) is 30.3 Å². The van der Waals surface area contributed by atoms with Crippen molar-refractivity contribution in [3.8, 4) is 0 Å². The van der Waals surface area contributed by atoms with Gasteiger partial charge in [0, 0.05) is 12.2 Å². The molecule has 0 spiro atoms. The van der Waals surface area contributed by atoms with Crippen LogP contribution in [0.5, 0.6) is 0 Å². The molecule has 22 heavy (non-hydrogen) atoms. The lowest BCUT2D eigenvalue weighted by atomic mass is 10.3. The third kappa shape index (κ3) is 6.74. The van der Waals surface area contributed by atoms with Crippen molar-refractivity contribution in [3.05, 3.63) is 30.3 Å². The van der Waals surface area contributed by atoms with E-state index in [0.717, 1.165) is 6.42 Å². The Morgan fingerprint density at radius 1 is 1.18 bits per heavy atom. The summed E-state index contributed by atoms with van der Waals surface area (Å²) in [5.74, 6) is -1.04. The number of esters is 1. The normalized spacial score (nSPS) is 11.2. The van der Waals surface area contributed by atoms with Gasteiger partial charge in [-0.3, -0.25) is 4.79 Å². The number of urea groups is 1. The molecule has 120 valence electrons. The molecule has 0 saturated heterocycles. The molecule has 0 aliphatic rings. The van der Waals surface area contributed by atoms with Crippen LogP contribution in [0.4, 0.5) is 10.5 Å². The molecule has 0 fully saturated rings. The maximum absolute atomic E-state index is 11.7. The van der Waals surface area contributed by atoms with E-state index in [9.17, 15) is 14.4 Å². The topological polar surface area (TPSA) is 96.5 Å². The van der Waals surface area contributed by atoms with Crippen molar-refractivity contribution in [1.82, 2.24) is 10.6 Å². The van der Waals surface area contributed by atoms with Crippen LogP contribution in [-0.2, 0) is 14.3 Å². The quantitative estimate of drug-likeness (QED) is 0.661. The lowest BCUT2D eigenvalue weighted by Gasteiger charge is -2.14. The summed E-state index contributed by atoms with van der Waals surface area (Å²) < 4.78 is 4.82. The van der Waals surface area contributed by atoms with Crippen LogP contribution in [-0.4, -0.2) is 37.1 Å². The van der Waals surface area contributed by atoms with Gasteiger partial charge in [0.1, 0.15) is 6.04 Å². The maximum atomic E-state index is 11.7. The summed E-state index contributed by atoms with van der Waals surface area (Å²) in [7, 11) is 0. The first-order chi connectivity index (χ1) is 10.5. The Hall–Kier alpha value is -2.57. The van der Waals surface area contributed by atoms with E-state index in [0.29, 0.717) is 12.2 Å². The molecule has 3 amide bonds. The molecular weight excluding hydrogens is 286 g/mol. The van der Waals surface area contributed by atoms with Gasteiger partial charge >= 0.3 is 12.0 Å². The molecule has 3 N–H and O–H groups in total. The zero-order valence-electron chi connectivity index (χ0n) is 12.7. The molecule has 0 unspecified atom stereocenters. The van der Waals surface area contributed by atoms with Crippen LogP contribution >= 0.6 is 0 Å². The number of nitrogens with one attached hydrogen (secondary N) is 3. The molecular formula is C15H21N3O4. The zero-order valence-corrected chi connectivity index (χ0v) is 12.7. The van der Waals surface area contributed by atoms with E-state index >= 15 is 0 Å². The van der Waals surface area contributed by atoms with Gasteiger partial charge in [-0.25, -0.2) is 9.59 Å². The van der Waals surface area contributed by atoms with Crippen LogP contribution in [0, 0.1) is 0 Å². The number of rotatable bonds is 7. The molecule has 1 atom stereocenters. The van der Waals surface area contributed by atoms with Gasteiger partial charge in [-0.15, -0.1) is 0 Å². The average Bonchev–Trinajstić information content (AvgIpc) is 2.51. The smallest absolute Gasteiger partial charge is 0.328 e. The third-order valence-electron chi connectivity index (χ3n) is 2.65. The highest BCUT2D eigenvalue weighted by atomic mass is 16.5.